The lowest BCUT2D eigenvalue weighted by molar-refractivity contribution is -0.131. The van der Waals surface area contributed by atoms with Crippen molar-refractivity contribution in [3.63, 3.8) is 0 Å². The van der Waals surface area contributed by atoms with Gasteiger partial charge in [-0.15, -0.1) is 0 Å². The third-order valence-corrected chi connectivity index (χ3v) is 11.3. The molecule has 4 aliphatic carbocycles. The van der Waals surface area contributed by atoms with Crippen LogP contribution in [0.15, 0.2) is 11.1 Å². The van der Waals surface area contributed by atoms with Crippen LogP contribution >= 0.6 is 0 Å². The van der Waals surface area contributed by atoms with Gasteiger partial charge in [0.05, 0.1) is 6.10 Å². The maximum absolute atomic E-state index is 14.2. The minimum Gasteiger partial charge on any atom is -0.393 e. The molecule has 5 aliphatic rings. The van der Waals surface area contributed by atoms with Crippen LogP contribution in [0.2, 0.25) is 0 Å². The highest BCUT2D eigenvalue weighted by Gasteiger charge is 2.76. The molecule has 4 heteroatoms. The van der Waals surface area contributed by atoms with E-state index in [-0.39, 0.29) is 28.8 Å². The summed E-state index contributed by atoms with van der Waals surface area (Å²) in [6.45, 7) is 13.8. The van der Waals surface area contributed by atoms with E-state index < -0.39 is 11.7 Å². The largest absolute Gasteiger partial charge is 0.393 e. The van der Waals surface area contributed by atoms with Crippen molar-refractivity contribution in [1.29, 1.82) is 0 Å². The molecule has 3 unspecified atom stereocenters. The second-order valence-corrected chi connectivity index (χ2v) is 13.0. The number of carbonyl (C=O) groups excluding carboxylic acids is 1. The Labute approximate surface area is 194 Å². The van der Waals surface area contributed by atoms with E-state index in [2.05, 4.69) is 41.5 Å². The molecule has 4 nitrogen and oxygen atoms in total. The van der Waals surface area contributed by atoms with Crippen LogP contribution in [0.1, 0.15) is 92.9 Å². The van der Waals surface area contributed by atoms with Crippen LogP contribution in [-0.2, 0) is 9.53 Å². The van der Waals surface area contributed by atoms with Gasteiger partial charge in [-0.3, -0.25) is 4.79 Å². The van der Waals surface area contributed by atoms with Crippen LogP contribution in [0.4, 0.5) is 0 Å². The van der Waals surface area contributed by atoms with Gasteiger partial charge >= 0.3 is 0 Å². The molecule has 2 N–H and O–H groups in total. The van der Waals surface area contributed by atoms with Crippen LogP contribution in [0.25, 0.3) is 0 Å². The van der Waals surface area contributed by atoms with Crippen molar-refractivity contribution in [2.75, 3.05) is 0 Å². The number of ketones is 1. The lowest BCUT2D eigenvalue weighted by Gasteiger charge is -2.52. The summed E-state index contributed by atoms with van der Waals surface area (Å²) in [5.41, 5.74) is 0.786. The first-order valence-electron chi connectivity index (χ1n) is 13.3. The Balaban J connectivity index is 1.43. The molecule has 1 aliphatic heterocycles. The molecule has 1 heterocycles. The van der Waals surface area contributed by atoms with Gasteiger partial charge in [-0.05, 0) is 74.5 Å². The number of ether oxygens (including phenoxy) is 1. The van der Waals surface area contributed by atoms with Crippen molar-refractivity contribution in [3.05, 3.63) is 11.1 Å². The van der Waals surface area contributed by atoms with E-state index in [1.807, 2.05) is 0 Å². The SMILES string of the molecule is CC(C)C(C)CC1CC[C@@H]([C@@]2(C)CCC3=C(C2=O)[C@@H](O)[C@@H]2O[C@@]24C[C@@H](O)CC[C@]34C)C1C. The minimum atomic E-state index is -0.830. The molecular weight excluding hydrogens is 400 g/mol. The van der Waals surface area contributed by atoms with Gasteiger partial charge in [-0.25, -0.2) is 0 Å². The fraction of sp³-hybridized carbons (Fsp3) is 0.893. The van der Waals surface area contributed by atoms with Crippen LogP contribution < -0.4 is 0 Å². The van der Waals surface area contributed by atoms with Crippen LogP contribution in [0.5, 0.6) is 0 Å². The molecule has 1 saturated heterocycles. The summed E-state index contributed by atoms with van der Waals surface area (Å²) in [4.78, 5) is 14.2. The molecule has 1 spiro atoms. The van der Waals surface area contributed by atoms with Gasteiger partial charge in [-0.1, -0.05) is 47.1 Å². The topological polar surface area (TPSA) is 70.1 Å². The second-order valence-electron chi connectivity index (χ2n) is 13.0. The van der Waals surface area contributed by atoms with Crippen molar-refractivity contribution in [2.45, 2.75) is 117 Å². The van der Waals surface area contributed by atoms with Gasteiger partial charge in [0, 0.05) is 22.8 Å². The molecule has 3 fully saturated rings. The Bertz CT molecular complexity index is 831. The zero-order valence-corrected chi connectivity index (χ0v) is 21.0. The number of fused-ring (bicyclic) bond motifs is 1. The molecule has 0 amide bonds. The Morgan fingerprint density at radius 3 is 2.50 bits per heavy atom. The maximum atomic E-state index is 14.2. The van der Waals surface area contributed by atoms with Crippen molar-refractivity contribution in [2.24, 2.45) is 40.4 Å². The van der Waals surface area contributed by atoms with E-state index in [0.29, 0.717) is 41.6 Å². The molecule has 0 aromatic carbocycles. The summed E-state index contributed by atoms with van der Waals surface area (Å²) in [6.07, 6.45) is 6.05. The van der Waals surface area contributed by atoms with Crippen molar-refractivity contribution < 1.29 is 19.7 Å². The van der Waals surface area contributed by atoms with Gasteiger partial charge in [0.2, 0.25) is 0 Å². The quantitative estimate of drug-likeness (QED) is 0.595. The van der Waals surface area contributed by atoms with Crippen molar-refractivity contribution in [3.8, 4) is 0 Å². The van der Waals surface area contributed by atoms with E-state index in [4.69, 9.17) is 4.74 Å². The zero-order valence-electron chi connectivity index (χ0n) is 21.0. The normalized spacial score (nSPS) is 51.3. The summed E-state index contributed by atoms with van der Waals surface area (Å²) >= 11 is 0. The van der Waals surface area contributed by atoms with Crippen LogP contribution in [0, 0.1) is 40.4 Å². The smallest absolute Gasteiger partial charge is 0.167 e. The first kappa shape index (κ1) is 23.1. The Morgan fingerprint density at radius 1 is 1.09 bits per heavy atom. The number of epoxide rings is 1. The van der Waals surface area contributed by atoms with Gasteiger partial charge in [0.1, 0.15) is 17.8 Å². The summed E-state index contributed by atoms with van der Waals surface area (Å²) < 4.78 is 6.19. The van der Waals surface area contributed by atoms with E-state index in [0.717, 1.165) is 37.7 Å². The molecule has 0 aromatic rings. The summed E-state index contributed by atoms with van der Waals surface area (Å²) in [5, 5.41) is 21.6. The van der Waals surface area contributed by atoms with E-state index in [1.165, 1.54) is 12.8 Å². The van der Waals surface area contributed by atoms with Crippen LogP contribution in [-0.4, -0.2) is 39.9 Å². The summed E-state index contributed by atoms with van der Waals surface area (Å²) in [6, 6.07) is 0. The number of carbonyl (C=O) groups is 1. The predicted molar refractivity (Wildman–Crippen MR) is 125 cm³/mol. The van der Waals surface area contributed by atoms with Gasteiger partial charge in [-0.2, -0.15) is 0 Å². The molecule has 32 heavy (non-hydrogen) atoms. The zero-order chi connectivity index (χ0) is 23.2. The third kappa shape index (κ3) is 2.94. The fourth-order valence-electron chi connectivity index (χ4n) is 8.57. The first-order chi connectivity index (χ1) is 15.0. The predicted octanol–water partition coefficient (Wildman–Crippen LogP) is 5.06. The molecule has 2 saturated carbocycles. The van der Waals surface area contributed by atoms with Gasteiger partial charge < -0.3 is 14.9 Å². The highest BCUT2D eigenvalue weighted by molar-refractivity contribution is 6.03. The van der Waals surface area contributed by atoms with Crippen LogP contribution in [0.3, 0.4) is 0 Å². The number of rotatable bonds is 4. The lowest BCUT2D eigenvalue weighted by atomic mass is 9.50. The molecule has 0 bridgehead atoms. The number of Topliss-reactive ketones (excluding diaryl/α,β-unsaturated/α-hetero) is 1. The number of aliphatic hydroxyl groups excluding tert-OH is 2. The third-order valence-electron chi connectivity index (χ3n) is 11.3. The summed E-state index contributed by atoms with van der Waals surface area (Å²) in [5.74, 6) is 3.26. The number of aliphatic hydroxyl groups is 2. The minimum absolute atomic E-state index is 0.206. The summed E-state index contributed by atoms with van der Waals surface area (Å²) in [7, 11) is 0. The van der Waals surface area contributed by atoms with E-state index in [1.54, 1.807) is 0 Å². The second kappa shape index (κ2) is 7.39. The van der Waals surface area contributed by atoms with E-state index >= 15 is 0 Å². The van der Waals surface area contributed by atoms with Gasteiger partial charge in [0.15, 0.2) is 5.78 Å². The molecule has 180 valence electrons. The molecule has 0 radical (unpaired) electrons. The highest BCUT2D eigenvalue weighted by Crippen LogP contribution is 2.69. The number of hydrogen-bond donors (Lipinski definition) is 2. The Kier molecular flexibility index (Phi) is 5.33. The Morgan fingerprint density at radius 2 is 1.81 bits per heavy atom. The average molecular weight is 445 g/mol. The maximum Gasteiger partial charge on any atom is 0.167 e. The van der Waals surface area contributed by atoms with Gasteiger partial charge in [0.25, 0.3) is 0 Å². The molecule has 0 aromatic heterocycles. The molecule has 5 rings (SSSR count). The standard InChI is InChI=1S/C28H44O4/c1-15(2)16(3)13-18-7-8-20(17(18)4)26(5)11-10-21-22(24(26)31)23(30)25-28(32-25)14-19(29)9-12-27(21,28)6/h15-20,23,25,29-30H,7-14H2,1-6H3/t16?,17?,18?,19-,20+,23+,25-,26+,27+,28-/m0/s1. The van der Waals surface area contributed by atoms with E-state index in [9.17, 15) is 15.0 Å². The number of hydrogen-bond acceptors (Lipinski definition) is 4. The van der Waals surface area contributed by atoms with Crippen molar-refractivity contribution in [1.82, 2.24) is 0 Å². The molecule has 10 atom stereocenters. The fourth-order valence-corrected chi connectivity index (χ4v) is 8.57. The highest BCUT2D eigenvalue weighted by atomic mass is 16.6. The monoisotopic (exact) mass is 444 g/mol. The molecular formula is C28H44O4. The average Bonchev–Trinajstić information content (AvgIpc) is 3.35. The lowest BCUT2D eigenvalue weighted by Crippen LogP contribution is -2.56. The first-order valence-corrected chi connectivity index (χ1v) is 13.3. The Hall–Kier alpha value is -0.710. The van der Waals surface area contributed by atoms with Crippen molar-refractivity contribution >= 4 is 5.78 Å².